The molecule has 4 rings (SSSR count). The predicted molar refractivity (Wildman–Crippen MR) is 113 cm³/mol. The van der Waals surface area contributed by atoms with Crippen LogP contribution in [-0.2, 0) is 0 Å². The highest BCUT2D eigenvalue weighted by Crippen LogP contribution is 2.41. The maximum Gasteiger partial charge on any atom is 0.247 e. The topological polar surface area (TPSA) is 78.4 Å². The summed E-state index contributed by atoms with van der Waals surface area (Å²) in [6.45, 7) is 2.12. The second-order valence-electron chi connectivity index (χ2n) is 6.39. The Balaban J connectivity index is 1.82. The van der Waals surface area contributed by atoms with Crippen LogP contribution in [0.15, 0.2) is 47.6 Å². The minimum Gasteiger partial charge on any atom is -0.497 e. The molecule has 1 N–H and O–H groups in total. The monoisotopic (exact) mass is 410 g/mol. The smallest absolute Gasteiger partial charge is 0.247 e. The molecular formula is C21H22N4O3S. The van der Waals surface area contributed by atoms with Gasteiger partial charge in [-0.2, -0.15) is 4.98 Å². The fraction of sp³-hybridized carbons (Fsp3) is 0.286. The Labute approximate surface area is 173 Å². The highest BCUT2D eigenvalue weighted by atomic mass is 32.2. The summed E-state index contributed by atoms with van der Waals surface area (Å²) < 4.78 is 17.3. The van der Waals surface area contributed by atoms with Crippen LogP contribution in [0.4, 0.5) is 5.69 Å². The van der Waals surface area contributed by atoms with Gasteiger partial charge >= 0.3 is 0 Å². The van der Waals surface area contributed by atoms with E-state index in [2.05, 4.69) is 27.4 Å². The molecule has 1 atom stereocenters. The van der Waals surface area contributed by atoms with Gasteiger partial charge in [-0.05, 0) is 30.7 Å². The Morgan fingerprint density at radius 3 is 2.76 bits per heavy atom. The minimum atomic E-state index is -0.539. The molecule has 29 heavy (non-hydrogen) atoms. The van der Waals surface area contributed by atoms with Crippen LogP contribution < -0.4 is 19.5 Å². The number of para-hydroxylation sites is 1. The van der Waals surface area contributed by atoms with Gasteiger partial charge in [0.05, 0.1) is 19.8 Å². The summed E-state index contributed by atoms with van der Waals surface area (Å²) in [6.07, 6.45) is 0.489. The molecule has 7 nitrogen and oxygen atoms in total. The van der Waals surface area contributed by atoms with Crippen LogP contribution in [0.25, 0.3) is 11.3 Å². The third kappa shape index (κ3) is 3.93. The molecule has 0 saturated carbocycles. The summed E-state index contributed by atoms with van der Waals surface area (Å²) in [4.78, 5) is 4.64. The van der Waals surface area contributed by atoms with Gasteiger partial charge in [0.2, 0.25) is 17.3 Å². The molecule has 1 aromatic heterocycles. The van der Waals surface area contributed by atoms with Crippen molar-refractivity contribution in [2.75, 3.05) is 25.3 Å². The molecule has 0 unspecified atom stereocenters. The van der Waals surface area contributed by atoms with Gasteiger partial charge in [0.15, 0.2) is 5.69 Å². The van der Waals surface area contributed by atoms with Crippen LogP contribution in [0, 0.1) is 0 Å². The zero-order valence-electron chi connectivity index (χ0n) is 16.5. The lowest BCUT2D eigenvalue weighted by atomic mass is 10.1. The molecule has 0 spiro atoms. The summed E-state index contributed by atoms with van der Waals surface area (Å²) >= 11 is 1.56. The van der Waals surface area contributed by atoms with Crippen molar-refractivity contribution in [2.24, 2.45) is 0 Å². The zero-order chi connectivity index (χ0) is 20.2. The van der Waals surface area contributed by atoms with E-state index in [0.29, 0.717) is 28.2 Å². The van der Waals surface area contributed by atoms with Gasteiger partial charge in [-0.25, -0.2) is 0 Å². The zero-order valence-corrected chi connectivity index (χ0v) is 17.3. The maximum absolute atomic E-state index is 6.31. The highest BCUT2D eigenvalue weighted by Gasteiger charge is 2.28. The van der Waals surface area contributed by atoms with E-state index in [1.54, 1.807) is 26.0 Å². The molecule has 1 aliphatic heterocycles. The van der Waals surface area contributed by atoms with E-state index < -0.39 is 6.23 Å². The quantitative estimate of drug-likeness (QED) is 0.593. The van der Waals surface area contributed by atoms with Crippen LogP contribution in [0.1, 0.15) is 25.1 Å². The van der Waals surface area contributed by atoms with Crippen molar-refractivity contribution in [1.29, 1.82) is 0 Å². The normalized spacial score (nSPS) is 14.7. The molecular weight excluding hydrogens is 388 g/mol. The standard InChI is InChI=1S/C21H22N4O3S/c1-4-11-29-21-23-20-18(24-25-21)14-7-5-6-8-16(14)22-19(28-20)15-12-13(26-2)9-10-17(15)27-3/h5-10,12,19,22H,4,11H2,1-3H3/t19-/m0/s1. The number of methoxy groups -OCH3 is 2. The minimum absolute atomic E-state index is 0.436. The number of aromatic nitrogens is 3. The van der Waals surface area contributed by atoms with Crippen LogP contribution in [0.2, 0.25) is 0 Å². The maximum atomic E-state index is 6.31. The van der Waals surface area contributed by atoms with Gasteiger partial charge in [0.1, 0.15) is 11.5 Å². The first-order valence-electron chi connectivity index (χ1n) is 9.35. The Morgan fingerprint density at radius 2 is 1.97 bits per heavy atom. The van der Waals surface area contributed by atoms with E-state index in [4.69, 9.17) is 14.2 Å². The lowest BCUT2D eigenvalue weighted by molar-refractivity contribution is 0.219. The highest BCUT2D eigenvalue weighted by molar-refractivity contribution is 7.99. The molecule has 0 radical (unpaired) electrons. The van der Waals surface area contributed by atoms with Gasteiger partial charge < -0.3 is 19.5 Å². The average Bonchev–Trinajstić information content (AvgIpc) is 2.93. The number of thioether (sulfide) groups is 1. The van der Waals surface area contributed by atoms with E-state index >= 15 is 0 Å². The molecule has 0 saturated heterocycles. The first kappa shape index (κ1) is 19.3. The number of hydrogen-bond acceptors (Lipinski definition) is 8. The SMILES string of the molecule is CCCSc1nnc2c(n1)O[C@@H](c1cc(OC)ccc1OC)Nc1ccccc1-2. The largest absolute Gasteiger partial charge is 0.497 e. The van der Waals surface area contributed by atoms with Crippen molar-refractivity contribution in [3.63, 3.8) is 0 Å². The third-order valence-electron chi connectivity index (χ3n) is 4.49. The van der Waals surface area contributed by atoms with Crippen molar-refractivity contribution in [1.82, 2.24) is 15.2 Å². The first-order valence-corrected chi connectivity index (χ1v) is 10.3. The van der Waals surface area contributed by atoms with E-state index in [1.165, 1.54) is 0 Å². The summed E-state index contributed by atoms with van der Waals surface area (Å²) in [5.41, 5.74) is 3.18. The van der Waals surface area contributed by atoms with Crippen molar-refractivity contribution in [2.45, 2.75) is 24.7 Å². The molecule has 150 valence electrons. The summed E-state index contributed by atoms with van der Waals surface area (Å²) in [5.74, 6) is 2.75. The summed E-state index contributed by atoms with van der Waals surface area (Å²) in [6, 6.07) is 13.5. The van der Waals surface area contributed by atoms with Gasteiger partial charge in [-0.15, -0.1) is 10.2 Å². The van der Waals surface area contributed by atoms with E-state index in [-0.39, 0.29) is 0 Å². The van der Waals surface area contributed by atoms with Gasteiger partial charge in [0, 0.05) is 17.0 Å². The van der Waals surface area contributed by atoms with Crippen molar-refractivity contribution >= 4 is 17.4 Å². The molecule has 0 fully saturated rings. The summed E-state index contributed by atoms with van der Waals surface area (Å²) in [5, 5.41) is 12.7. The Hall–Kier alpha value is -3.00. The fourth-order valence-electron chi connectivity index (χ4n) is 3.09. The van der Waals surface area contributed by atoms with Crippen molar-refractivity contribution < 1.29 is 14.2 Å². The van der Waals surface area contributed by atoms with Crippen LogP contribution in [0.3, 0.4) is 0 Å². The van der Waals surface area contributed by atoms with Crippen LogP contribution in [-0.4, -0.2) is 35.2 Å². The van der Waals surface area contributed by atoms with Crippen LogP contribution in [0.5, 0.6) is 17.4 Å². The van der Waals surface area contributed by atoms with Gasteiger partial charge in [-0.1, -0.05) is 36.9 Å². The number of rotatable bonds is 6. The molecule has 2 heterocycles. The van der Waals surface area contributed by atoms with E-state index in [0.717, 1.165) is 29.0 Å². The van der Waals surface area contributed by atoms with Crippen molar-refractivity contribution in [3.05, 3.63) is 48.0 Å². The average molecular weight is 410 g/mol. The number of hydrogen-bond donors (Lipinski definition) is 1. The van der Waals surface area contributed by atoms with E-state index in [9.17, 15) is 0 Å². The fourth-order valence-corrected chi connectivity index (χ4v) is 3.72. The van der Waals surface area contributed by atoms with Crippen LogP contribution >= 0.6 is 11.8 Å². The molecule has 0 bridgehead atoms. The molecule has 0 aliphatic carbocycles. The second-order valence-corrected chi connectivity index (χ2v) is 7.45. The number of benzene rings is 2. The molecule has 0 amide bonds. The molecule has 8 heteroatoms. The number of fused-ring (bicyclic) bond motifs is 3. The van der Waals surface area contributed by atoms with Crippen molar-refractivity contribution in [3.8, 4) is 28.6 Å². The number of ether oxygens (including phenoxy) is 3. The molecule has 1 aliphatic rings. The number of nitrogens with one attached hydrogen (secondary N) is 1. The summed E-state index contributed by atoms with van der Waals surface area (Å²) in [7, 11) is 3.26. The molecule has 2 aromatic carbocycles. The number of anilines is 1. The lowest BCUT2D eigenvalue weighted by Crippen LogP contribution is -2.18. The lowest BCUT2D eigenvalue weighted by Gasteiger charge is -2.21. The van der Waals surface area contributed by atoms with E-state index in [1.807, 2.05) is 42.5 Å². The predicted octanol–water partition coefficient (Wildman–Crippen LogP) is 4.56. The van der Waals surface area contributed by atoms with Gasteiger partial charge in [-0.3, -0.25) is 0 Å². The Bertz CT molecular complexity index is 1010. The third-order valence-corrected chi connectivity index (χ3v) is 5.53. The Kier molecular flexibility index (Phi) is 5.71. The second kappa shape index (κ2) is 8.57. The number of nitrogens with zero attached hydrogens (tertiary/aromatic N) is 3. The Morgan fingerprint density at radius 1 is 1.10 bits per heavy atom. The first-order chi connectivity index (χ1) is 14.2. The molecule has 3 aromatic rings. The van der Waals surface area contributed by atoms with Gasteiger partial charge in [0.25, 0.3) is 0 Å².